The summed E-state index contributed by atoms with van der Waals surface area (Å²) in [5.41, 5.74) is 2.37. The average molecular weight is 393 g/mol. The van der Waals surface area contributed by atoms with E-state index in [0.29, 0.717) is 23.5 Å². The molecule has 6 nitrogen and oxygen atoms in total. The molecule has 0 radical (unpaired) electrons. The zero-order valence-electron chi connectivity index (χ0n) is 15.3. The Hall–Kier alpha value is -3.06. The molecule has 1 aliphatic heterocycles. The summed E-state index contributed by atoms with van der Waals surface area (Å²) < 4.78 is 2.15. The molecule has 142 valence electrons. The van der Waals surface area contributed by atoms with Crippen LogP contribution in [0.4, 0.5) is 5.69 Å². The molecule has 7 heteroatoms. The third kappa shape index (κ3) is 3.18. The van der Waals surface area contributed by atoms with Crippen molar-refractivity contribution in [2.45, 2.75) is 17.5 Å². The molecule has 0 bridgehead atoms. The molecule has 1 unspecified atom stereocenters. The standard InChI is InChI=1S/C21H19N3O3S/c1-28-19-10-9-16(14-18(19)24(26)27)21(25)23-13-12-22-11-5-8-17(22)20(23)15-6-3-2-4-7-15/h2-11,14,20H,12-13H2,1H3. The number of nitrogens with zero attached hydrogens (tertiary/aromatic N) is 3. The van der Waals surface area contributed by atoms with Gasteiger partial charge in [0.25, 0.3) is 11.6 Å². The summed E-state index contributed by atoms with van der Waals surface area (Å²) >= 11 is 1.30. The fourth-order valence-electron chi connectivity index (χ4n) is 3.72. The second kappa shape index (κ2) is 7.52. The van der Waals surface area contributed by atoms with E-state index in [1.807, 2.05) is 53.6 Å². The normalized spacial score (nSPS) is 15.9. The molecule has 0 saturated carbocycles. The van der Waals surface area contributed by atoms with Crippen molar-refractivity contribution in [2.24, 2.45) is 0 Å². The molecular formula is C21H19N3O3S. The molecule has 0 fully saturated rings. The molecule has 0 saturated heterocycles. The lowest BCUT2D eigenvalue weighted by atomic mass is 9.99. The van der Waals surface area contributed by atoms with Gasteiger partial charge in [-0.05, 0) is 36.1 Å². The van der Waals surface area contributed by atoms with E-state index in [9.17, 15) is 14.9 Å². The van der Waals surface area contributed by atoms with Gasteiger partial charge in [0.1, 0.15) is 0 Å². The van der Waals surface area contributed by atoms with Crippen LogP contribution in [0.5, 0.6) is 0 Å². The largest absolute Gasteiger partial charge is 0.348 e. The van der Waals surface area contributed by atoms with E-state index in [-0.39, 0.29) is 17.6 Å². The highest BCUT2D eigenvalue weighted by Crippen LogP contribution is 2.35. The van der Waals surface area contributed by atoms with Crippen LogP contribution in [-0.2, 0) is 6.54 Å². The van der Waals surface area contributed by atoms with E-state index < -0.39 is 4.92 Å². The highest BCUT2D eigenvalue weighted by molar-refractivity contribution is 7.98. The van der Waals surface area contributed by atoms with Gasteiger partial charge in [-0.3, -0.25) is 14.9 Å². The number of hydrogen-bond acceptors (Lipinski definition) is 4. The molecule has 4 rings (SSSR count). The number of aromatic nitrogens is 1. The quantitative estimate of drug-likeness (QED) is 0.375. The first-order valence-electron chi connectivity index (χ1n) is 8.93. The van der Waals surface area contributed by atoms with Crippen LogP contribution >= 0.6 is 11.8 Å². The summed E-state index contributed by atoms with van der Waals surface area (Å²) in [6.07, 6.45) is 3.80. The minimum atomic E-state index is -0.432. The second-order valence-electron chi connectivity index (χ2n) is 6.58. The average Bonchev–Trinajstić information content (AvgIpc) is 3.21. The van der Waals surface area contributed by atoms with Gasteiger partial charge < -0.3 is 9.47 Å². The Balaban J connectivity index is 1.76. The molecule has 1 aliphatic rings. The van der Waals surface area contributed by atoms with Crippen molar-refractivity contribution in [3.8, 4) is 0 Å². The van der Waals surface area contributed by atoms with Gasteiger partial charge in [-0.15, -0.1) is 11.8 Å². The summed E-state index contributed by atoms with van der Waals surface area (Å²) in [6.45, 7) is 1.24. The molecule has 1 atom stereocenters. The zero-order chi connectivity index (χ0) is 19.7. The highest BCUT2D eigenvalue weighted by Gasteiger charge is 2.33. The fourth-order valence-corrected chi connectivity index (χ4v) is 4.27. The molecule has 1 amide bonds. The molecular weight excluding hydrogens is 374 g/mol. The molecule has 2 heterocycles. The minimum absolute atomic E-state index is 0.0324. The smallest absolute Gasteiger partial charge is 0.283 e. The summed E-state index contributed by atoms with van der Waals surface area (Å²) in [7, 11) is 0. The minimum Gasteiger partial charge on any atom is -0.348 e. The number of benzene rings is 2. The van der Waals surface area contributed by atoms with Gasteiger partial charge in [0, 0.05) is 36.6 Å². The number of nitro benzene ring substituents is 1. The third-order valence-electron chi connectivity index (χ3n) is 5.04. The molecule has 2 aromatic carbocycles. The number of rotatable bonds is 4. The molecule has 3 aromatic rings. The van der Waals surface area contributed by atoms with E-state index in [2.05, 4.69) is 4.57 Å². The van der Waals surface area contributed by atoms with Gasteiger partial charge in [-0.2, -0.15) is 0 Å². The van der Waals surface area contributed by atoms with Gasteiger partial charge in [-0.25, -0.2) is 0 Å². The number of hydrogen-bond donors (Lipinski definition) is 0. The van der Waals surface area contributed by atoms with Crippen LogP contribution in [-0.4, -0.2) is 33.1 Å². The topological polar surface area (TPSA) is 68.4 Å². The van der Waals surface area contributed by atoms with Gasteiger partial charge in [-0.1, -0.05) is 30.3 Å². The Morgan fingerprint density at radius 2 is 1.89 bits per heavy atom. The van der Waals surface area contributed by atoms with Crippen LogP contribution in [0.15, 0.2) is 71.8 Å². The summed E-state index contributed by atoms with van der Waals surface area (Å²) in [6, 6.07) is 18.4. The number of thioether (sulfide) groups is 1. The molecule has 0 spiro atoms. The van der Waals surface area contributed by atoms with Crippen LogP contribution in [0.25, 0.3) is 0 Å². The van der Waals surface area contributed by atoms with Crippen LogP contribution in [0.2, 0.25) is 0 Å². The molecule has 0 aliphatic carbocycles. The Kier molecular flexibility index (Phi) is 4.92. The van der Waals surface area contributed by atoms with Crippen molar-refractivity contribution in [3.05, 3.63) is 93.8 Å². The van der Waals surface area contributed by atoms with Crippen LogP contribution in [0.3, 0.4) is 0 Å². The van der Waals surface area contributed by atoms with Crippen molar-refractivity contribution in [2.75, 3.05) is 12.8 Å². The van der Waals surface area contributed by atoms with E-state index in [4.69, 9.17) is 0 Å². The number of amides is 1. The van der Waals surface area contributed by atoms with Gasteiger partial charge in [0.15, 0.2) is 0 Å². The van der Waals surface area contributed by atoms with Gasteiger partial charge >= 0.3 is 0 Å². The predicted molar refractivity (Wildman–Crippen MR) is 109 cm³/mol. The summed E-state index contributed by atoms with van der Waals surface area (Å²) in [5.74, 6) is -0.197. The number of fused-ring (bicyclic) bond motifs is 1. The van der Waals surface area contributed by atoms with E-state index in [0.717, 1.165) is 11.3 Å². The number of carbonyl (C=O) groups is 1. The zero-order valence-corrected chi connectivity index (χ0v) is 16.1. The van der Waals surface area contributed by atoms with Crippen LogP contribution < -0.4 is 0 Å². The maximum absolute atomic E-state index is 13.4. The second-order valence-corrected chi connectivity index (χ2v) is 7.43. The van der Waals surface area contributed by atoms with E-state index in [1.54, 1.807) is 18.4 Å². The number of carbonyl (C=O) groups excluding carboxylic acids is 1. The summed E-state index contributed by atoms with van der Waals surface area (Å²) in [5, 5.41) is 11.4. The summed E-state index contributed by atoms with van der Waals surface area (Å²) in [4.78, 5) is 26.7. The first-order valence-corrected chi connectivity index (χ1v) is 10.2. The first kappa shape index (κ1) is 18.3. The fraction of sp³-hybridized carbons (Fsp3) is 0.190. The lowest BCUT2D eigenvalue weighted by Crippen LogP contribution is -2.42. The highest BCUT2D eigenvalue weighted by atomic mass is 32.2. The maximum atomic E-state index is 13.4. The third-order valence-corrected chi connectivity index (χ3v) is 5.82. The van der Waals surface area contributed by atoms with Gasteiger partial charge in [0.2, 0.25) is 0 Å². The predicted octanol–water partition coefficient (Wildman–Crippen LogP) is 4.36. The molecule has 28 heavy (non-hydrogen) atoms. The number of nitro groups is 1. The van der Waals surface area contributed by atoms with Crippen molar-refractivity contribution in [3.63, 3.8) is 0 Å². The van der Waals surface area contributed by atoms with Gasteiger partial charge in [0.05, 0.1) is 15.9 Å². The Labute approximate surface area is 166 Å². The molecule has 0 N–H and O–H groups in total. The molecule has 1 aromatic heterocycles. The Bertz CT molecular complexity index is 1030. The lowest BCUT2D eigenvalue weighted by molar-refractivity contribution is -0.387. The monoisotopic (exact) mass is 393 g/mol. The van der Waals surface area contributed by atoms with Crippen molar-refractivity contribution in [1.82, 2.24) is 9.47 Å². The van der Waals surface area contributed by atoms with E-state index in [1.165, 1.54) is 17.8 Å². The van der Waals surface area contributed by atoms with Crippen LogP contribution in [0, 0.1) is 10.1 Å². The SMILES string of the molecule is CSc1ccc(C(=O)N2CCn3cccc3C2c2ccccc2)cc1[N+](=O)[O-]. The van der Waals surface area contributed by atoms with Crippen molar-refractivity contribution >= 4 is 23.4 Å². The Morgan fingerprint density at radius 1 is 1.11 bits per heavy atom. The maximum Gasteiger partial charge on any atom is 0.283 e. The first-order chi connectivity index (χ1) is 13.6. The van der Waals surface area contributed by atoms with E-state index >= 15 is 0 Å². The lowest BCUT2D eigenvalue weighted by Gasteiger charge is -2.37. The van der Waals surface area contributed by atoms with Crippen molar-refractivity contribution in [1.29, 1.82) is 0 Å². The van der Waals surface area contributed by atoms with Crippen molar-refractivity contribution < 1.29 is 9.72 Å². The van der Waals surface area contributed by atoms with Crippen LogP contribution in [0.1, 0.15) is 27.7 Å². The Morgan fingerprint density at radius 3 is 2.61 bits per heavy atom.